The molecule has 3 N–H and O–H groups in total. The monoisotopic (exact) mass is 381 g/mol. The number of thiophene rings is 1. The molecule has 0 aliphatic carbocycles. The number of hydrogen-bond acceptors (Lipinski definition) is 5. The standard InChI is InChI=1S/C21H23N3O2S/c1-12-10-13(2)20(25)19-15(12)6-5-14(23-19)11-24-9-3-4-16(24)17-7-8-18(27-17)21(22)26/h5-8,10,16,25H,3-4,9,11H2,1-2H3,(H2,22,26). The van der Waals surface area contributed by atoms with E-state index in [2.05, 4.69) is 4.90 Å². The van der Waals surface area contributed by atoms with Gasteiger partial charge in [-0.15, -0.1) is 11.3 Å². The van der Waals surface area contributed by atoms with Crippen molar-refractivity contribution >= 4 is 28.1 Å². The van der Waals surface area contributed by atoms with Gasteiger partial charge in [-0.1, -0.05) is 12.1 Å². The third-order valence-corrected chi connectivity index (χ3v) is 6.54. The fourth-order valence-corrected chi connectivity index (χ4v) is 4.98. The van der Waals surface area contributed by atoms with Gasteiger partial charge in [0.15, 0.2) is 0 Å². The number of fused-ring (bicyclic) bond motifs is 1. The molecule has 2 aromatic heterocycles. The van der Waals surface area contributed by atoms with Crippen LogP contribution in [0.4, 0.5) is 0 Å². The number of hydrogen-bond donors (Lipinski definition) is 2. The van der Waals surface area contributed by atoms with Gasteiger partial charge in [-0.05, 0) is 62.6 Å². The quantitative estimate of drug-likeness (QED) is 0.714. The first-order valence-corrected chi connectivity index (χ1v) is 9.98. The molecule has 1 unspecified atom stereocenters. The van der Waals surface area contributed by atoms with Crippen molar-refractivity contribution in [3.63, 3.8) is 0 Å². The van der Waals surface area contributed by atoms with Gasteiger partial charge in [-0.2, -0.15) is 0 Å². The summed E-state index contributed by atoms with van der Waals surface area (Å²) in [5.74, 6) is -0.104. The first-order chi connectivity index (χ1) is 12.9. The fourth-order valence-electron chi connectivity index (χ4n) is 3.95. The summed E-state index contributed by atoms with van der Waals surface area (Å²) < 4.78 is 0. The number of likely N-dealkylation sites (tertiary alicyclic amines) is 1. The highest BCUT2D eigenvalue weighted by atomic mass is 32.1. The van der Waals surface area contributed by atoms with Crippen molar-refractivity contribution in [2.24, 2.45) is 5.73 Å². The molecule has 3 heterocycles. The molecule has 1 atom stereocenters. The van der Waals surface area contributed by atoms with E-state index in [1.807, 2.05) is 44.2 Å². The van der Waals surface area contributed by atoms with Crippen LogP contribution in [0.3, 0.4) is 0 Å². The Morgan fingerprint density at radius 3 is 2.85 bits per heavy atom. The second-order valence-corrected chi connectivity index (χ2v) is 8.37. The molecular formula is C21H23N3O2S. The Bertz CT molecular complexity index is 1030. The number of phenols is 1. The molecule has 0 saturated carbocycles. The number of benzene rings is 1. The zero-order valence-corrected chi connectivity index (χ0v) is 16.3. The Hall–Kier alpha value is -2.44. The lowest BCUT2D eigenvalue weighted by Crippen LogP contribution is -2.22. The number of carbonyl (C=O) groups is 1. The van der Waals surface area contributed by atoms with E-state index in [1.165, 1.54) is 16.2 Å². The van der Waals surface area contributed by atoms with E-state index in [0.29, 0.717) is 10.4 Å². The van der Waals surface area contributed by atoms with Gasteiger partial charge >= 0.3 is 0 Å². The van der Waals surface area contributed by atoms with Crippen LogP contribution in [0.5, 0.6) is 5.75 Å². The third kappa shape index (κ3) is 3.31. The third-order valence-electron chi connectivity index (χ3n) is 5.34. The lowest BCUT2D eigenvalue weighted by atomic mass is 10.0. The smallest absolute Gasteiger partial charge is 0.258 e. The van der Waals surface area contributed by atoms with Crippen LogP contribution >= 0.6 is 11.3 Å². The van der Waals surface area contributed by atoms with Crippen LogP contribution in [0, 0.1) is 13.8 Å². The van der Waals surface area contributed by atoms with E-state index in [9.17, 15) is 9.90 Å². The van der Waals surface area contributed by atoms with E-state index in [-0.39, 0.29) is 17.7 Å². The Kier molecular flexibility index (Phi) is 4.61. The van der Waals surface area contributed by atoms with Crippen molar-refractivity contribution in [1.29, 1.82) is 0 Å². The van der Waals surface area contributed by atoms with Gasteiger partial charge in [0.1, 0.15) is 11.3 Å². The van der Waals surface area contributed by atoms with Crippen LogP contribution in [-0.4, -0.2) is 27.4 Å². The molecule has 27 heavy (non-hydrogen) atoms. The van der Waals surface area contributed by atoms with Gasteiger partial charge in [-0.25, -0.2) is 4.98 Å². The second kappa shape index (κ2) is 6.94. The van der Waals surface area contributed by atoms with Crippen molar-refractivity contribution in [1.82, 2.24) is 9.88 Å². The number of aromatic nitrogens is 1. The second-order valence-electron chi connectivity index (χ2n) is 7.25. The highest BCUT2D eigenvalue weighted by Crippen LogP contribution is 2.37. The van der Waals surface area contributed by atoms with E-state index < -0.39 is 0 Å². The molecule has 1 aliphatic rings. The molecule has 1 saturated heterocycles. The number of rotatable bonds is 4. The van der Waals surface area contributed by atoms with Gasteiger partial charge in [-0.3, -0.25) is 9.69 Å². The first kappa shape index (κ1) is 17.9. The normalized spacial score (nSPS) is 17.6. The zero-order chi connectivity index (χ0) is 19.1. The molecule has 0 radical (unpaired) electrons. The number of phenolic OH excluding ortho intramolecular Hbond substituents is 1. The van der Waals surface area contributed by atoms with E-state index in [0.717, 1.165) is 48.1 Å². The van der Waals surface area contributed by atoms with Gasteiger partial charge in [0.25, 0.3) is 5.91 Å². The molecule has 0 bridgehead atoms. The molecule has 1 fully saturated rings. The van der Waals surface area contributed by atoms with Crippen molar-refractivity contribution < 1.29 is 9.90 Å². The lowest BCUT2D eigenvalue weighted by molar-refractivity contribution is 0.100. The summed E-state index contributed by atoms with van der Waals surface area (Å²) in [6, 6.07) is 10.2. The number of carbonyl (C=O) groups excluding carboxylic acids is 1. The minimum Gasteiger partial charge on any atom is -0.505 e. The lowest BCUT2D eigenvalue weighted by Gasteiger charge is -2.23. The summed E-state index contributed by atoms with van der Waals surface area (Å²) in [6.07, 6.45) is 2.18. The van der Waals surface area contributed by atoms with Crippen LogP contribution in [0.15, 0.2) is 30.3 Å². The van der Waals surface area contributed by atoms with Crippen molar-refractivity contribution in [3.8, 4) is 5.75 Å². The first-order valence-electron chi connectivity index (χ1n) is 9.16. The summed E-state index contributed by atoms with van der Waals surface area (Å²) in [4.78, 5) is 20.3. The Morgan fingerprint density at radius 2 is 2.11 bits per heavy atom. The number of nitrogens with zero attached hydrogens (tertiary/aromatic N) is 2. The minimum atomic E-state index is -0.367. The molecule has 4 rings (SSSR count). The number of aromatic hydroxyl groups is 1. The van der Waals surface area contributed by atoms with Gasteiger partial charge < -0.3 is 10.8 Å². The van der Waals surface area contributed by atoms with Crippen LogP contribution < -0.4 is 5.73 Å². The molecule has 140 valence electrons. The number of aryl methyl sites for hydroxylation is 2. The van der Waals surface area contributed by atoms with Crippen LogP contribution in [0.2, 0.25) is 0 Å². The average molecular weight is 382 g/mol. The minimum absolute atomic E-state index is 0.264. The average Bonchev–Trinajstić information content (AvgIpc) is 3.28. The molecule has 0 spiro atoms. The molecule has 6 heteroatoms. The maximum atomic E-state index is 11.4. The largest absolute Gasteiger partial charge is 0.505 e. The maximum absolute atomic E-state index is 11.4. The van der Waals surface area contributed by atoms with Gasteiger partial charge in [0.2, 0.25) is 0 Å². The predicted octanol–water partition coefficient (Wildman–Crippen LogP) is 4.05. The summed E-state index contributed by atoms with van der Waals surface area (Å²) >= 11 is 1.48. The summed E-state index contributed by atoms with van der Waals surface area (Å²) in [7, 11) is 0. The molecule has 1 aromatic carbocycles. The molecule has 5 nitrogen and oxygen atoms in total. The molecule has 3 aromatic rings. The highest BCUT2D eigenvalue weighted by molar-refractivity contribution is 7.14. The summed E-state index contributed by atoms with van der Waals surface area (Å²) in [5, 5.41) is 11.4. The number of pyridine rings is 1. The molecule has 1 aliphatic heterocycles. The topological polar surface area (TPSA) is 79.5 Å². The van der Waals surface area contributed by atoms with Crippen LogP contribution in [-0.2, 0) is 6.54 Å². The van der Waals surface area contributed by atoms with Crippen LogP contribution in [0.1, 0.15) is 50.3 Å². The Labute approximate surface area is 162 Å². The van der Waals surface area contributed by atoms with Crippen molar-refractivity contribution in [2.75, 3.05) is 6.54 Å². The Balaban J connectivity index is 1.62. The predicted molar refractivity (Wildman–Crippen MR) is 108 cm³/mol. The van der Waals surface area contributed by atoms with Crippen LogP contribution in [0.25, 0.3) is 10.9 Å². The zero-order valence-electron chi connectivity index (χ0n) is 15.5. The number of amides is 1. The molecule has 1 amide bonds. The van der Waals surface area contributed by atoms with Crippen molar-refractivity contribution in [3.05, 3.63) is 56.9 Å². The van der Waals surface area contributed by atoms with E-state index in [4.69, 9.17) is 10.7 Å². The fraction of sp³-hybridized carbons (Fsp3) is 0.333. The van der Waals surface area contributed by atoms with Gasteiger partial charge in [0, 0.05) is 22.8 Å². The van der Waals surface area contributed by atoms with E-state index in [1.54, 1.807) is 0 Å². The van der Waals surface area contributed by atoms with Gasteiger partial charge in [0.05, 0.1) is 10.6 Å². The Morgan fingerprint density at radius 1 is 1.30 bits per heavy atom. The summed E-state index contributed by atoms with van der Waals surface area (Å²) in [5.41, 5.74) is 8.99. The van der Waals surface area contributed by atoms with Crippen molar-refractivity contribution in [2.45, 2.75) is 39.3 Å². The molecular weight excluding hydrogens is 358 g/mol. The maximum Gasteiger partial charge on any atom is 0.258 e. The van der Waals surface area contributed by atoms with E-state index >= 15 is 0 Å². The highest BCUT2D eigenvalue weighted by Gasteiger charge is 2.28. The number of primary amides is 1. The SMILES string of the molecule is Cc1cc(C)c2ccc(CN3CCCC3c3ccc(C(N)=O)s3)nc2c1O. The summed E-state index contributed by atoms with van der Waals surface area (Å²) in [6.45, 7) is 5.66. The number of nitrogens with two attached hydrogens (primary N) is 1.